The van der Waals surface area contributed by atoms with E-state index in [2.05, 4.69) is 32.4 Å². The highest BCUT2D eigenvalue weighted by Gasteiger charge is 2.35. The van der Waals surface area contributed by atoms with Crippen LogP contribution in [-0.2, 0) is 9.59 Å². The Labute approximate surface area is 185 Å². The van der Waals surface area contributed by atoms with Crippen LogP contribution in [0.25, 0.3) is 10.8 Å². The summed E-state index contributed by atoms with van der Waals surface area (Å²) in [4.78, 5) is 48.2. The van der Waals surface area contributed by atoms with Crippen molar-refractivity contribution in [2.24, 2.45) is 0 Å². The maximum Gasteiger partial charge on any atom is 0.258 e. The van der Waals surface area contributed by atoms with Gasteiger partial charge in [-0.3, -0.25) is 19.4 Å². The lowest BCUT2D eigenvalue weighted by Gasteiger charge is -2.34. The number of hydrogen-bond acceptors (Lipinski definition) is 5. The second-order valence-electron chi connectivity index (χ2n) is 8.51. The zero-order valence-electron chi connectivity index (χ0n) is 17.9. The van der Waals surface area contributed by atoms with Gasteiger partial charge in [-0.2, -0.15) is 4.98 Å². The molecule has 32 heavy (non-hydrogen) atoms. The minimum Gasteiger partial charge on any atom is -0.340 e. The van der Waals surface area contributed by atoms with Crippen molar-refractivity contribution in [3.8, 4) is 0 Å². The standard InChI is InChI=1S/C24H25N5O3/c1-14-7-4-5-12-29(14)24-27-21-20(23(32)28-24)17(13-19(30)26-21)22(31)25-18-11-6-9-15-8-2-3-10-16(15)18/h2-3,6,8-11,14,17H,4-5,7,12-13H2,1H3,(H,25,31)(H2,26,27,28,30,32)/t14-,17+/m1/s1. The molecule has 1 aromatic heterocycles. The van der Waals surface area contributed by atoms with E-state index in [-0.39, 0.29) is 35.3 Å². The normalized spacial score (nSPS) is 20.5. The second-order valence-corrected chi connectivity index (χ2v) is 8.51. The Balaban J connectivity index is 1.49. The number of carbonyl (C=O) groups is 2. The summed E-state index contributed by atoms with van der Waals surface area (Å²) in [5.74, 6) is -1.02. The topological polar surface area (TPSA) is 107 Å². The zero-order chi connectivity index (χ0) is 22.2. The predicted octanol–water partition coefficient (Wildman–Crippen LogP) is 3.37. The van der Waals surface area contributed by atoms with Gasteiger partial charge in [0.15, 0.2) is 0 Å². The van der Waals surface area contributed by atoms with E-state index in [1.807, 2.05) is 42.5 Å². The highest BCUT2D eigenvalue weighted by Crippen LogP contribution is 2.32. The molecule has 0 saturated carbocycles. The van der Waals surface area contributed by atoms with Crippen LogP contribution in [0, 0.1) is 0 Å². The van der Waals surface area contributed by atoms with Crippen LogP contribution in [0.5, 0.6) is 0 Å². The summed E-state index contributed by atoms with van der Waals surface area (Å²) in [7, 11) is 0. The van der Waals surface area contributed by atoms with Gasteiger partial charge < -0.3 is 15.5 Å². The Bertz CT molecular complexity index is 1260. The molecule has 0 aliphatic carbocycles. The molecule has 1 saturated heterocycles. The molecule has 2 aliphatic rings. The second kappa shape index (κ2) is 8.11. The first kappa shape index (κ1) is 20.2. The highest BCUT2D eigenvalue weighted by molar-refractivity contribution is 6.08. The van der Waals surface area contributed by atoms with E-state index in [1.54, 1.807) is 0 Å². The number of rotatable bonds is 3. The smallest absolute Gasteiger partial charge is 0.258 e. The molecule has 0 unspecified atom stereocenters. The molecule has 2 amide bonds. The molecule has 3 N–H and O–H groups in total. The Morgan fingerprint density at radius 3 is 2.78 bits per heavy atom. The number of H-pyrrole nitrogens is 1. The van der Waals surface area contributed by atoms with Gasteiger partial charge in [-0.1, -0.05) is 36.4 Å². The number of hydrogen-bond donors (Lipinski definition) is 3. The van der Waals surface area contributed by atoms with Crippen LogP contribution >= 0.6 is 0 Å². The molecule has 2 atom stereocenters. The lowest BCUT2D eigenvalue weighted by atomic mass is 9.92. The molecule has 164 valence electrons. The van der Waals surface area contributed by atoms with Crippen LogP contribution in [0.4, 0.5) is 17.5 Å². The summed E-state index contributed by atoms with van der Waals surface area (Å²) >= 11 is 0. The number of nitrogens with one attached hydrogen (secondary N) is 3. The molecule has 8 heteroatoms. The molecule has 0 radical (unpaired) electrons. The molecular formula is C24H25N5O3. The van der Waals surface area contributed by atoms with Crippen molar-refractivity contribution in [3.05, 3.63) is 58.4 Å². The van der Waals surface area contributed by atoms with Crippen molar-refractivity contribution in [2.75, 3.05) is 22.1 Å². The number of aromatic nitrogens is 2. The van der Waals surface area contributed by atoms with Gasteiger partial charge in [-0.05, 0) is 37.6 Å². The van der Waals surface area contributed by atoms with Crippen LogP contribution in [0.3, 0.4) is 0 Å². The van der Waals surface area contributed by atoms with Gasteiger partial charge in [0.25, 0.3) is 5.56 Å². The Hall–Kier alpha value is -3.68. The fraction of sp³-hybridized carbons (Fsp3) is 0.333. The number of anilines is 3. The molecule has 1 fully saturated rings. The predicted molar refractivity (Wildman–Crippen MR) is 124 cm³/mol. The number of fused-ring (bicyclic) bond motifs is 2. The minimum atomic E-state index is -0.915. The molecule has 5 rings (SSSR count). The van der Waals surface area contributed by atoms with Crippen molar-refractivity contribution < 1.29 is 9.59 Å². The van der Waals surface area contributed by atoms with Crippen LogP contribution in [0.1, 0.15) is 44.1 Å². The average Bonchev–Trinajstić information content (AvgIpc) is 2.78. The molecule has 3 aromatic rings. The van der Waals surface area contributed by atoms with Crippen LogP contribution < -0.4 is 21.1 Å². The van der Waals surface area contributed by atoms with Gasteiger partial charge in [-0.25, -0.2) is 0 Å². The van der Waals surface area contributed by atoms with Gasteiger partial charge in [0.2, 0.25) is 17.8 Å². The number of benzene rings is 2. The van der Waals surface area contributed by atoms with E-state index in [0.29, 0.717) is 11.6 Å². The first-order chi connectivity index (χ1) is 15.5. The summed E-state index contributed by atoms with van der Waals surface area (Å²) < 4.78 is 0. The zero-order valence-corrected chi connectivity index (χ0v) is 17.9. The van der Waals surface area contributed by atoms with E-state index in [1.165, 1.54) is 0 Å². The summed E-state index contributed by atoms with van der Waals surface area (Å²) in [5, 5.41) is 7.50. The molecule has 0 bridgehead atoms. The first-order valence-electron chi connectivity index (χ1n) is 11.0. The van der Waals surface area contributed by atoms with Gasteiger partial charge in [0.05, 0.1) is 11.5 Å². The number of aromatic amines is 1. The van der Waals surface area contributed by atoms with E-state index < -0.39 is 11.8 Å². The Kier molecular flexibility index (Phi) is 5.13. The lowest BCUT2D eigenvalue weighted by Crippen LogP contribution is -2.42. The van der Waals surface area contributed by atoms with Crippen molar-refractivity contribution >= 4 is 40.0 Å². The SMILES string of the molecule is C[C@@H]1CCCCN1c1nc2c(c(=O)[nH]1)[C@@H](C(=O)Nc1cccc3ccccc13)CC(=O)N2. The van der Waals surface area contributed by atoms with Crippen molar-refractivity contribution in [1.29, 1.82) is 0 Å². The molecule has 3 heterocycles. The largest absolute Gasteiger partial charge is 0.340 e. The summed E-state index contributed by atoms with van der Waals surface area (Å²) in [6.45, 7) is 2.89. The minimum absolute atomic E-state index is 0.103. The van der Waals surface area contributed by atoms with E-state index in [9.17, 15) is 14.4 Å². The third-order valence-electron chi connectivity index (χ3n) is 6.38. The maximum atomic E-state index is 13.2. The summed E-state index contributed by atoms with van der Waals surface area (Å²) in [5.41, 5.74) is 0.459. The van der Waals surface area contributed by atoms with Crippen molar-refractivity contribution in [3.63, 3.8) is 0 Å². The molecule has 2 aromatic carbocycles. The monoisotopic (exact) mass is 431 g/mol. The maximum absolute atomic E-state index is 13.2. The third kappa shape index (κ3) is 3.62. The fourth-order valence-electron chi connectivity index (χ4n) is 4.69. The van der Waals surface area contributed by atoms with Crippen LogP contribution in [0.15, 0.2) is 47.3 Å². The number of carbonyl (C=O) groups excluding carboxylic acids is 2. The third-order valence-corrected chi connectivity index (χ3v) is 6.38. The van der Waals surface area contributed by atoms with Gasteiger partial charge in [0, 0.05) is 30.1 Å². The van der Waals surface area contributed by atoms with E-state index in [4.69, 9.17) is 0 Å². The van der Waals surface area contributed by atoms with Crippen LogP contribution in [0.2, 0.25) is 0 Å². The van der Waals surface area contributed by atoms with E-state index >= 15 is 0 Å². The molecular weight excluding hydrogens is 406 g/mol. The van der Waals surface area contributed by atoms with Gasteiger partial charge in [0.1, 0.15) is 5.82 Å². The highest BCUT2D eigenvalue weighted by atomic mass is 16.2. The number of amides is 2. The Morgan fingerprint density at radius 2 is 1.94 bits per heavy atom. The first-order valence-corrected chi connectivity index (χ1v) is 11.0. The quantitative estimate of drug-likeness (QED) is 0.589. The summed E-state index contributed by atoms with van der Waals surface area (Å²) in [6.07, 6.45) is 3.07. The number of piperidine rings is 1. The fourth-order valence-corrected chi connectivity index (χ4v) is 4.69. The average molecular weight is 431 g/mol. The van der Waals surface area contributed by atoms with Crippen molar-refractivity contribution in [2.45, 2.75) is 44.6 Å². The number of nitrogens with zero attached hydrogens (tertiary/aromatic N) is 2. The van der Waals surface area contributed by atoms with Gasteiger partial charge in [-0.15, -0.1) is 0 Å². The molecule has 0 spiro atoms. The lowest BCUT2D eigenvalue weighted by molar-refractivity contribution is -0.123. The van der Waals surface area contributed by atoms with Gasteiger partial charge >= 0.3 is 0 Å². The summed E-state index contributed by atoms with van der Waals surface area (Å²) in [6, 6.07) is 13.6. The van der Waals surface area contributed by atoms with E-state index in [0.717, 1.165) is 36.6 Å². The molecule has 8 nitrogen and oxygen atoms in total. The Morgan fingerprint density at radius 1 is 1.12 bits per heavy atom. The van der Waals surface area contributed by atoms with Crippen molar-refractivity contribution in [1.82, 2.24) is 9.97 Å². The molecule has 2 aliphatic heterocycles. The van der Waals surface area contributed by atoms with Crippen LogP contribution in [-0.4, -0.2) is 34.4 Å².